The van der Waals surface area contributed by atoms with E-state index in [0.29, 0.717) is 40.0 Å². The van der Waals surface area contributed by atoms with Gasteiger partial charge in [0.25, 0.3) is 17.7 Å². The summed E-state index contributed by atoms with van der Waals surface area (Å²) in [5.74, 6) is -1.15. The molecule has 0 spiro atoms. The number of nitrogens with two attached hydrogens (primary N) is 2. The Hall–Kier alpha value is -4.13. The molecular weight excluding hydrogens is 416 g/mol. The van der Waals surface area contributed by atoms with E-state index < -0.39 is 17.9 Å². The quantitative estimate of drug-likeness (QED) is 0.363. The van der Waals surface area contributed by atoms with Gasteiger partial charge in [0.1, 0.15) is 6.04 Å². The van der Waals surface area contributed by atoms with Crippen LogP contribution < -0.4 is 11.5 Å². The highest BCUT2D eigenvalue weighted by molar-refractivity contribution is 6.24. The van der Waals surface area contributed by atoms with Gasteiger partial charge in [-0.3, -0.25) is 23.9 Å². The molecule has 1 aromatic heterocycles. The second kappa shape index (κ2) is 7.48. The molecule has 4 aromatic rings. The molecule has 33 heavy (non-hydrogen) atoms. The first-order valence-corrected chi connectivity index (χ1v) is 10.9. The molecule has 1 aliphatic heterocycles. The lowest BCUT2D eigenvalue weighted by molar-refractivity contribution is 0.0496. The van der Waals surface area contributed by atoms with Gasteiger partial charge in [0.2, 0.25) is 0 Å². The molecule has 0 saturated heterocycles. The van der Waals surface area contributed by atoms with Crippen LogP contribution in [0.1, 0.15) is 45.8 Å². The van der Waals surface area contributed by atoms with Gasteiger partial charge in [-0.15, -0.1) is 0 Å². The lowest BCUT2D eigenvalue weighted by Crippen LogP contribution is -2.47. The van der Waals surface area contributed by atoms with E-state index in [0.717, 1.165) is 15.7 Å². The second-order valence-electron chi connectivity index (χ2n) is 8.90. The Morgan fingerprint density at radius 3 is 1.76 bits per heavy atom. The van der Waals surface area contributed by atoms with Crippen LogP contribution in [0, 0.1) is 5.92 Å². The van der Waals surface area contributed by atoms with Gasteiger partial charge in [0.15, 0.2) is 0 Å². The Labute approximate surface area is 190 Å². The Morgan fingerprint density at radius 1 is 0.818 bits per heavy atom. The highest BCUT2D eigenvalue weighted by Crippen LogP contribution is 2.34. The lowest BCUT2D eigenvalue weighted by atomic mass is 10.0. The SMILES string of the molecule is CC(C)C[C@@H](C(=O)n1c2ccc(N)cc2c2cc(N)ccc21)N1C(=O)c2ccccc2C1=O. The fourth-order valence-electron chi connectivity index (χ4n) is 4.70. The summed E-state index contributed by atoms with van der Waals surface area (Å²) in [4.78, 5) is 41.7. The number of carbonyl (C=O) groups excluding carboxylic acids is 3. The summed E-state index contributed by atoms with van der Waals surface area (Å²) >= 11 is 0. The maximum atomic E-state index is 14.1. The molecule has 0 radical (unpaired) electrons. The molecule has 2 heterocycles. The minimum Gasteiger partial charge on any atom is -0.399 e. The van der Waals surface area contributed by atoms with Gasteiger partial charge in [-0.2, -0.15) is 0 Å². The van der Waals surface area contributed by atoms with Gasteiger partial charge in [0, 0.05) is 22.1 Å². The number of aromatic nitrogens is 1. The average molecular weight is 441 g/mol. The van der Waals surface area contributed by atoms with Crippen molar-refractivity contribution >= 4 is 50.9 Å². The minimum absolute atomic E-state index is 0.0719. The van der Waals surface area contributed by atoms with Crippen molar-refractivity contribution in [2.75, 3.05) is 11.5 Å². The molecule has 7 nitrogen and oxygen atoms in total. The Bertz CT molecular complexity index is 1370. The third-order valence-corrected chi connectivity index (χ3v) is 6.15. The molecular formula is C26H24N4O3. The summed E-state index contributed by atoms with van der Waals surface area (Å²) in [6, 6.07) is 16.4. The van der Waals surface area contributed by atoms with E-state index in [1.54, 1.807) is 65.2 Å². The molecule has 3 aromatic carbocycles. The summed E-state index contributed by atoms with van der Waals surface area (Å²) in [5, 5.41) is 1.58. The zero-order valence-electron chi connectivity index (χ0n) is 18.4. The maximum Gasteiger partial charge on any atom is 0.262 e. The Kier molecular flexibility index (Phi) is 4.70. The van der Waals surface area contributed by atoms with Crippen molar-refractivity contribution < 1.29 is 14.4 Å². The summed E-state index contributed by atoms with van der Waals surface area (Å²) in [6.07, 6.45) is 0.343. The normalized spacial score (nSPS) is 14.5. The van der Waals surface area contributed by atoms with Crippen molar-refractivity contribution in [3.8, 4) is 0 Å². The lowest BCUT2D eigenvalue weighted by Gasteiger charge is -2.27. The second-order valence-corrected chi connectivity index (χ2v) is 8.90. The minimum atomic E-state index is -0.952. The van der Waals surface area contributed by atoms with Crippen LogP contribution in [0.4, 0.5) is 11.4 Å². The van der Waals surface area contributed by atoms with Gasteiger partial charge >= 0.3 is 0 Å². The molecule has 5 rings (SSSR count). The van der Waals surface area contributed by atoms with Crippen LogP contribution >= 0.6 is 0 Å². The van der Waals surface area contributed by atoms with Gasteiger partial charge in [-0.05, 0) is 60.9 Å². The van der Waals surface area contributed by atoms with Crippen molar-refractivity contribution in [1.29, 1.82) is 0 Å². The zero-order chi connectivity index (χ0) is 23.4. The summed E-state index contributed by atoms with van der Waals surface area (Å²) < 4.78 is 1.58. The molecule has 0 aliphatic carbocycles. The zero-order valence-corrected chi connectivity index (χ0v) is 18.4. The summed E-state index contributed by atoms with van der Waals surface area (Å²) in [5.41, 5.74) is 15.1. The van der Waals surface area contributed by atoms with E-state index in [4.69, 9.17) is 11.5 Å². The number of hydrogen-bond acceptors (Lipinski definition) is 5. The predicted molar refractivity (Wildman–Crippen MR) is 129 cm³/mol. The third-order valence-electron chi connectivity index (χ3n) is 6.15. The van der Waals surface area contributed by atoms with Crippen LogP contribution in [-0.2, 0) is 0 Å². The first-order valence-electron chi connectivity index (χ1n) is 10.9. The third kappa shape index (κ3) is 3.16. The van der Waals surface area contributed by atoms with Gasteiger partial charge in [0.05, 0.1) is 22.2 Å². The van der Waals surface area contributed by atoms with E-state index in [1.165, 1.54) is 0 Å². The number of imide groups is 1. The first kappa shape index (κ1) is 20.8. The van der Waals surface area contributed by atoms with E-state index >= 15 is 0 Å². The summed E-state index contributed by atoms with van der Waals surface area (Å²) in [6.45, 7) is 3.93. The van der Waals surface area contributed by atoms with Crippen molar-refractivity contribution in [3.63, 3.8) is 0 Å². The average Bonchev–Trinajstić information content (AvgIpc) is 3.23. The van der Waals surface area contributed by atoms with Gasteiger partial charge in [-0.1, -0.05) is 26.0 Å². The van der Waals surface area contributed by atoms with Crippen molar-refractivity contribution in [3.05, 3.63) is 71.8 Å². The number of benzene rings is 3. The number of carbonyl (C=O) groups is 3. The van der Waals surface area contributed by atoms with E-state index in [-0.39, 0.29) is 11.8 Å². The molecule has 0 unspecified atom stereocenters. The standard InChI is InChI=1S/C26H24N4O3/c1-14(2)11-23(30-24(31)17-5-3-4-6-18(17)25(30)32)26(33)29-21-9-7-15(27)12-19(21)20-13-16(28)8-10-22(20)29/h3-10,12-14,23H,11,27-28H2,1-2H3/t23-/m0/s1. The van der Waals surface area contributed by atoms with E-state index in [1.807, 2.05) is 13.8 Å². The van der Waals surface area contributed by atoms with Crippen LogP contribution in [0.2, 0.25) is 0 Å². The number of hydrogen-bond donors (Lipinski definition) is 2. The first-order chi connectivity index (χ1) is 15.8. The highest BCUT2D eigenvalue weighted by Gasteiger charge is 2.43. The van der Waals surface area contributed by atoms with Crippen LogP contribution in [0.5, 0.6) is 0 Å². The van der Waals surface area contributed by atoms with Crippen molar-refractivity contribution in [2.24, 2.45) is 5.92 Å². The van der Waals surface area contributed by atoms with Crippen LogP contribution in [0.15, 0.2) is 60.7 Å². The molecule has 4 N–H and O–H groups in total. The number of fused-ring (bicyclic) bond motifs is 4. The van der Waals surface area contributed by atoms with Crippen LogP contribution in [-0.4, -0.2) is 33.2 Å². The smallest absolute Gasteiger partial charge is 0.262 e. The molecule has 0 saturated carbocycles. The fraction of sp³-hybridized carbons (Fsp3) is 0.192. The molecule has 7 heteroatoms. The van der Waals surface area contributed by atoms with Gasteiger partial charge in [-0.25, -0.2) is 0 Å². The number of anilines is 2. The highest BCUT2D eigenvalue weighted by atomic mass is 16.2. The topological polar surface area (TPSA) is 111 Å². The fourth-order valence-corrected chi connectivity index (χ4v) is 4.70. The van der Waals surface area contributed by atoms with Gasteiger partial charge < -0.3 is 11.5 Å². The number of nitrogens with zero attached hydrogens (tertiary/aromatic N) is 2. The molecule has 0 bridgehead atoms. The maximum absolute atomic E-state index is 14.1. The Morgan fingerprint density at radius 2 is 1.30 bits per heavy atom. The van der Waals surface area contributed by atoms with E-state index in [2.05, 4.69) is 0 Å². The Balaban J connectivity index is 1.71. The van der Waals surface area contributed by atoms with Crippen molar-refractivity contribution in [2.45, 2.75) is 26.3 Å². The predicted octanol–water partition coefficient (Wildman–Crippen LogP) is 4.31. The largest absolute Gasteiger partial charge is 0.399 e. The van der Waals surface area contributed by atoms with Crippen LogP contribution in [0.25, 0.3) is 21.8 Å². The molecule has 1 aliphatic rings. The number of nitrogen functional groups attached to an aromatic ring is 2. The van der Waals surface area contributed by atoms with Crippen molar-refractivity contribution in [1.82, 2.24) is 9.47 Å². The monoisotopic (exact) mass is 440 g/mol. The molecule has 0 fully saturated rings. The van der Waals surface area contributed by atoms with E-state index in [9.17, 15) is 14.4 Å². The molecule has 2 amide bonds. The molecule has 166 valence electrons. The molecule has 1 atom stereocenters. The summed E-state index contributed by atoms with van der Waals surface area (Å²) in [7, 11) is 0. The van der Waals surface area contributed by atoms with Crippen LogP contribution in [0.3, 0.4) is 0 Å². The number of amides is 2. The number of rotatable bonds is 4.